The molecule has 12 atom stereocenters. The second kappa shape index (κ2) is 51.1. The largest absolute Gasteiger partial charge is 0.394 e. The molecule has 0 spiro atoms. The van der Waals surface area contributed by atoms with Crippen molar-refractivity contribution in [1.29, 1.82) is 0 Å². The van der Waals surface area contributed by atoms with Crippen LogP contribution >= 0.6 is 0 Å². The van der Waals surface area contributed by atoms with Gasteiger partial charge in [-0.05, 0) is 83.5 Å². The summed E-state index contributed by atoms with van der Waals surface area (Å²) in [5.41, 5.74) is 0. The number of hydrogen-bond donors (Lipinski definition) is 9. The monoisotopic (exact) mass is 1140 g/mol. The summed E-state index contributed by atoms with van der Waals surface area (Å²) in [5.74, 6) is -0.268. The number of rotatable bonds is 49. The van der Waals surface area contributed by atoms with Gasteiger partial charge in [-0.1, -0.05) is 232 Å². The molecule has 2 heterocycles. The quantitative estimate of drug-likeness (QED) is 0.0204. The van der Waals surface area contributed by atoms with Gasteiger partial charge in [-0.3, -0.25) is 4.79 Å². The van der Waals surface area contributed by atoms with Crippen LogP contribution < -0.4 is 5.32 Å². The molecule has 2 rings (SSSR count). The first-order valence-electron chi connectivity index (χ1n) is 31.6. The van der Waals surface area contributed by atoms with E-state index < -0.39 is 86.8 Å². The Morgan fingerprint density at radius 1 is 0.457 bits per heavy atom. The number of ether oxygens (including phenoxy) is 4. The minimum absolute atomic E-state index is 0.244. The molecule has 0 aromatic heterocycles. The van der Waals surface area contributed by atoms with Crippen molar-refractivity contribution < 1.29 is 64.6 Å². The van der Waals surface area contributed by atoms with Crippen LogP contribution in [0, 0.1) is 0 Å². The molecular formula is C67H113NO13. The number of nitrogens with one attached hydrogen (secondary N) is 1. The number of aliphatic hydroxyl groups is 8. The van der Waals surface area contributed by atoms with Crippen molar-refractivity contribution in [2.45, 2.75) is 286 Å². The second-order valence-corrected chi connectivity index (χ2v) is 21.8. The molecule has 1 amide bonds. The van der Waals surface area contributed by atoms with Crippen LogP contribution in [0.3, 0.4) is 0 Å². The van der Waals surface area contributed by atoms with Crippen LogP contribution in [0.2, 0.25) is 0 Å². The van der Waals surface area contributed by atoms with Gasteiger partial charge in [-0.25, -0.2) is 0 Å². The number of allylic oxidation sites excluding steroid dienone is 17. The Balaban J connectivity index is 1.75. The molecule has 81 heavy (non-hydrogen) atoms. The molecule has 0 radical (unpaired) electrons. The summed E-state index contributed by atoms with van der Waals surface area (Å²) < 4.78 is 22.8. The van der Waals surface area contributed by atoms with Crippen LogP contribution in [-0.4, -0.2) is 140 Å². The topological polar surface area (TPSA) is 228 Å². The van der Waals surface area contributed by atoms with E-state index in [1.54, 1.807) is 6.08 Å². The highest BCUT2D eigenvalue weighted by molar-refractivity contribution is 5.76. The Labute approximate surface area is 489 Å². The summed E-state index contributed by atoms with van der Waals surface area (Å²) in [6, 6.07) is -0.937. The molecule has 0 saturated carbocycles. The molecular weight excluding hydrogens is 1030 g/mol. The lowest BCUT2D eigenvalue weighted by molar-refractivity contribution is -0.359. The van der Waals surface area contributed by atoms with Gasteiger partial charge >= 0.3 is 0 Å². The van der Waals surface area contributed by atoms with Gasteiger partial charge in [0.05, 0.1) is 32.0 Å². The predicted octanol–water partition coefficient (Wildman–Crippen LogP) is 11.6. The normalized spacial score (nSPS) is 24.9. The second-order valence-electron chi connectivity index (χ2n) is 21.8. The molecule has 0 aliphatic carbocycles. The molecule has 0 bridgehead atoms. The molecule has 2 saturated heterocycles. The zero-order chi connectivity index (χ0) is 58.8. The molecule has 2 aliphatic heterocycles. The summed E-state index contributed by atoms with van der Waals surface area (Å²) in [4.78, 5) is 13.3. The average Bonchev–Trinajstić information content (AvgIpc) is 3.47. The van der Waals surface area contributed by atoms with Crippen molar-refractivity contribution in [1.82, 2.24) is 5.32 Å². The molecule has 9 N–H and O–H groups in total. The lowest BCUT2D eigenvalue weighted by Gasteiger charge is -2.46. The molecule has 0 aromatic rings. The number of unbranched alkanes of at least 4 members (excludes halogenated alkanes) is 20. The Morgan fingerprint density at radius 3 is 1.31 bits per heavy atom. The summed E-state index contributed by atoms with van der Waals surface area (Å²) in [6.07, 6.45) is 55.4. The maximum absolute atomic E-state index is 13.3. The zero-order valence-electron chi connectivity index (χ0n) is 50.0. The van der Waals surface area contributed by atoms with E-state index in [2.05, 4.69) is 116 Å². The highest BCUT2D eigenvalue weighted by Gasteiger charge is 2.51. The van der Waals surface area contributed by atoms with E-state index in [0.29, 0.717) is 6.42 Å². The smallest absolute Gasteiger partial charge is 0.220 e. The van der Waals surface area contributed by atoms with Crippen LogP contribution in [0.5, 0.6) is 0 Å². The van der Waals surface area contributed by atoms with Gasteiger partial charge in [0.1, 0.15) is 48.8 Å². The summed E-state index contributed by atoms with van der Waals surface area (Å²) in [5, 5.41) is 87.2. The van der Waals surface area contributed by atoms with Gasteiger partial charge in [0.2, 0.25) is 5.91 Å². The van der Waals surface area contributed by atoms with Crippen molar-refractivity contribution in [2.24, 2.45) is 0 Å². The third kappa shape index (κ3) is 36.2. The van der Waals surface area contributed by atoms with E-state index in [0.717, 1.165) is 96.3 Å². The van der Waals surface area contributed by atoms with Gasteiger partial charge in [0, 0.05) is 6.42 Å². The summed E-state index contributed by atoms with van der Waals surface area (Å²) >= 11 is 0. The van der Waals surface area contributed by atoms with E-state index in [4.69, 9.17) is 18.9 Å². The third-order valence-corrected chi connectivity index (χ3v) is 14.7. The van der Waals surface area contributed by atoms with Crippen LogP contribution in [0.25, 0.3) is 0 Å². The minimum atomic E-state index is -1.80. The van der Waals surface area contributed by atoms with Gasteiger partial charge < -0.3 is 65.1 Å². The van der Waals surface area contributed by atoms with Crippen LogP contribution in [-0.2, 0) is 23.7 Å². The Kier molecular flexibility index (Phi) is 46.5. The van der Waals surface area contributed by atoms with E-state index in [-0.39, 0.29) is 18.9 Å². The lowest BCUT2D eigenvalue weighted by Crippen LogP contribution is -2.65. The van der Waals surface area contributed by atoms with E-state index in [9.17, 15) is 45.6 Å². The van der Waals surface area contributed by atoms with E-state index in [1.165, 1.54) is 89.9 Å². The standard InChI is InChI=1S/C67H113NO13/c1-3-5-7-9-11-13-15-17-19-21-23-24-25-26-27-28-29-30-31-32-33-35-37-39-41-43-45-47-49-51-59(72)68-55(56(71)50-48-46-44-42-40-38-36-34-22-20-18-16-14-12-10-8-6-4-2)54-78-66-64(77)62(75)65(58(53-70)80-66)81-67-63(76)61(74)60(73)57(52-69)79-67/h5,7,11,13,17,19,23-24,26-27,29-30,32-33,37,39,48,50,55-58,60-67,69-71,73-77H,3-4,6,8-10,12,14-16,18,20-22,25,28,31,34-36,38,40-47,49,51-54H2,1-2H3,(H,68,72)/b7-5-,13-11-,19-17-,24-23-,27-26-,30-29-,33-32-,39-37-,50-48+. The first kappa shape index (κ1) is 73.8. The highest BCUT2D eigenvalue weighted by Crippen LogP contribution is 2.30. The Morgan fingerprint density at radius 2 is 0.852 bits per heavy atom. The molecule has 2 fully saturated rings. The molecule has 14 nitrogen and oxygen atoms in total. The van der Waals surface area contributed by atoms with Crippen molar-refractivity contribution in [2.75, 3.05) is 19.8 Å². The van der Waals surface area contributed by atoms with Crippen LogP contribution in [0.4, 0.5) is 0 Å². The number of carbonyl (C=O) groups is 1. The number of amides is 1. The molecule has 0 aromatic carbocycles. The SMILES string of the molecule is CC/C=C\C/C=C\C/C=C\C/C=C\C/C=C\C/C=C\C/C=C\C/C=C\CCCCCCC(=O)NC(COC1OC(CO)C(OC2OC(CO)C(O)C(O)C2O)C(O)C1O)C(O)/C=C/CCCCCCCCCCCCCCCCCC. The molecule has 2 aliphatic rings. The average molecular weight is 1140 g/mol. The fraction of sp³-hybridized carbons (Fsp3) is 0.716. The molecule has 12 unspecified atom stereocenters. The first-order valence-corrected chi connectivity index (χ1v) is 31.6. The van der Waals surface area contributed by atoms with Gasteiger partial charge in [-0.2, -0.15) is 0 Å². The Hall–Kier alpha value is -3.35. The summed E-state index contributed by atoms with van der Waals surface area (Å²) in [6.45, 7) is 2.66. The van der Waals surface area contributed by atoms with Gasteiger partial charge in [0.25, 0.3) is 0 Å². The van der Waals surface area contributed by atoms with Crippen molar-refractivity contribution in [3.8, 4) is 0 Å². The third-order valence-electron chi connectivity index (χ3n) is 14.7. The number of aliphatic hydroxyl groups excluding tert-OH is 8. The van der Waals surface area contributed by atoms with E-state index >= 15 is 0 Å². The number of carbonyl (C=O) groups excluding carboxylic acids is 1. The van der Waals surface area contributed by atoms with Crippen LogP contribution in [0.1, 0.15) is 213 Å². The predicted molar refractivity (Wildman–Crippen MR) is 327 cm³/mol. The lowest BCUT2D eigenvalue weighted by atomic mass is 9.97. The van der Waals surface area contributed by atoms with Crippen molar-refractivity contribution in [3.05, 3.63) is 109 Å². The number of hydrogen-bond acceptors (Lipinski definition) is 13. The maximum Gasteiger partial charge on any atom is 0.220 e. The fourth-order valence-electron chi connectivity index (χ4n) is 9.66. The van der Waals surface area contributed by atoms with Crippen molar-refractivity contribution in [3.63, 3.8) is 0 Å². The highest BCUT2D eigenvalue weighted by atomic mass is 16.7. The van der Waals surface area contributed by atoms with Crippen LogP contribution in [0.15, 0.2) is 109 Å². The molecule has 464 valence electrons. The fourth-order valence-corrected chi connectivity index (χ4v) is 9.66. The van der Waals surface area contributed by atoms with Crippen molar-refractivity contribution >= 4 is 5.91 Å². The summed E-state index contributed by atoms with van der Waals surface area (Å²) in [7, 11) is 0. The van der Waals surface area contributed by atoms with E-state index in [1.807, 2.05) is 6.08 Å². The molecule has 14 heteroatoms. The Bertz CT molecular complexity index is 1770. The maximum atomic E-state index is 13.3. The van der Waals surface area contributed by atoms with Gasteiger partial charge in [-0.15, -0.1) is 0 Å². The zero-order valence-corrected chi connectivity index (χ0v) is 50.0. The van der Waals surface area contributed by atoms with Gasteiger partial charge in [0.15, 0.2) is 12.6 Å². The first-order chi connectivity index (χ1) is 39.6. The minimum Gasteiger partial charge on any atom is -0.394 e.